The molecular weight excluding hydrogens is 291 g/mol. The van der Waals surface area contributed by atoms with Gasteiger partial charge in [0, 0.05) is 16.6 Å². The lowest BCUT2D eigenvalue weighted by Crippen LogP contribution is -2.32. The van der Waals surface area contributed by atoms with Crippen LogP contribution in [0.15, 0.2) is 29.6 Å². The fourth-order valence-corrected chi connectivity index (χ4v) is 2.97. The maximum absolute atomic E-state index is 14.0. The quantitative estimate of drug-likeness (QED) is 0.797. The van der Waals surface area contributed by atoms with Crippen molar-refractivity contribution in [1.82, 2.24) is 9.88 Å². The normalized spacial score (nSPS) is 12.4. The van der Waals surface area contributed by atoms with Crippen LogP contribution in [0, 0.1) is 12.7 Å². The second-order valence-electron chi connectivity index (χ2n) is 4.74. The van der Waals surface area contributed by atoms with E-state index in [-0.39, 0.29) is 0 Å². The van der Waals surface area contributed by atoms with Crippen LogP contribution in [-0.2, 0) is 16.1 Å². The fourth-order valence-electron chi connectivity index (χ4n) is 2.13. The monoisotopic (exact) mass is 308 g/mol. The van der Waals surface area contributed by atoms with Gasteiger partial charge >= 0.3 is 5.97 Å². The van der Waals surface area contributed by atoms with Crippen molar-refractivity contribution >= 4 is 17.3 Å². The number of benzene rings is 1. The first-order chi connectivity index (χ1) is 10.0. The molecule has 0 spiro atoms. The summed E-state index contributed by atoms with van der Waals surface area (Å²) in [6.45, 7) is 2.36. The molecular formula is C15H17FN2O2S. The van der Waals surface area contributed by atoms with Crippen LogP contribution in [0.4, 0.5) is 4.39 Å². The molecule has 112 valence electrons. The topological polar surface area (TPSA) is 42.4 Å². The largest absolute Gasteiger partial charge is 0.468 e. The molecule has 1 aromatic heterocycles. The number of carbonyl (C=O) groups is 1. The lowest BCUT2D eigenvalue weighted by Gasteiger charge is -2.25. The summed E-state index contributed by atoms with van der Waals surface area (Å²) in [4.78, 5) is 18.2. The number of hydrogen-bond donors (Lipinski definition) is 0. The molecule has 0 N–H and O–H groups in total. The van der Waals surface area contributed by atoms with E-state index < -0.39 is 17.8 Å². The first-order valence-electron chi connectivity index (χ1n) is 6.46. The van der Waals surface area contributed by atoms with Crippen molar-refractivity contribution in [2.45, 2.75) is 19.5 Å². The van der Waals surface area contributed by atoms with Gasteiger partial charge in [0.05, 0.1) is 13.7 Å². The lowest BCUT2D eigenvalue weighted by atomic mass is 10.1. The van der Waals surface area contributed by atoms with Gasteiger partial charge in [0.15, 0.2) is 0 Å². The van der Waals surface area contributed by atoms with Gasteiger partial charge < -0.3 is 4.74 Å². The minimum atomic E-state index is -0.791. The molecule has 1 heterocycles. The van der Waals surface area contributed by atoms with Gasteiger partial charge in [0.1, 0.15) is 16.9 Å². The van der Waals surface area contributed by atoms with Gasteiger partial charge in [0.2, 0.25) is 0 Å². The molecule has 0 fully saturated rings. The second kappa shape index (κ2) is 6.78. The van der Waals surface area contributed by atoms with Gasteiger partial charge in [-0.05, 0) is 20.0 Å². The first kappa shape index (κ1) is 15.6. The third kappa shape index (κ3) is 3.65. The van der Waals surface area contributed by atoms with Crippen LogP contribution in [-0.4, -0.2) is 30.0 Å². The van der Waals surface area contributed by atoms with Gasteiger partial charge in [-0.2, -0.15) is 0 Å². The second-order valence-corrected chi connectivity index (χ2v) is 5.69. The third-order valence-electron chi connectivity index (χ3n) is 3.12. The van der Waals surface area contributed by atoms with Crippen LogP contribution in [0.1, 0.15) is 22.3 Å². The van der Waals surface area contributed by atoms with Gasteiger partial charge in [-0.3, -0.25) is 4.90 Å². The smallest absolute Gasteiger partial charge is 0.327 e. The summed E-state index contributed by atoms with van der Waals surface area (Å²) in [6.07, 6.45) is 0. The highest BCUT2D eigenvalue weighted by atomic mass is 32.1. The van der Waals surface area contributed by atoms with Crippen molar-refractivity contribution in [2.24, 2.45) is 0 Å². The Bertz CT molecular complexity index is 630. The minimum Gasteiger partial charge on any atom is -0.468 e. The Kier molecular flexibility index (Phi) is 5.03. The zero-order valence-corrected chi connectivity index (χ0v) is 13.0. The van der Waals surface area contributed by atoms with Crippen molar-refractivity contribution in [2.75, 3.05) is 14.2 Å². The fraction of sp³-hybridized carbons (Fsp3) is 0.333. The Morgan fingerprint density at radius 1 is 1.48 bits per heavy atom. The maximum Gasteiger partial charge on any atom is 0.327 e. The highest BCUT2D eigenvalue weighted by Crippen LogP contribution is 2.25. The summed E-state index contributed by atoms with van der Waals surface area (Å²) in [5.41, 5.74) is 1.24. The zero-order chi connectivity index (χ0) is 15.4. The Labute approximate surface area is 127 Å². The zero-order valence-electron chi connectivity index (χ0n) is 12.2. The summed E-state index contributed by atoms with van der Waals surface area (Å²) in [6, 6.07) is 5.45. The van der Waals surface area contributed by atoms with E-state index in [4.69, 9.17) is 4.74 Å². The molecule has 4 nitrogen and oxygen atoms in total. The number of hydrogen-bond acceptors (Lipinski definition) is 5. The standard InChI is InChI=1S/C15H17FN2O2S/c1-10-9-21-13(17-10)8-18(2)14(15(19)20-3)11-6-4-5-7-12(11)16/h4-7,9,14H,8H2,1-3H3. The number of carbonyl (C=O) groups excluding carboxylic acids is 1. The SMILES string of the molecule is COC(=O)C(c1ccccc1F)N(C)Cc1nc(C)cs1. The van der Waals surface area contributed by atoms with E-state index >= 15 is 0 Å². The molecule has 0 saturated heterocycles. The molecule has 1 atom stereocenters. The van der Waals surface area contributed by atoms with Crippen LogP contribution in [0.3, 0.4) is 0 Å². The molecule has 0 bridgehead atoms. The summed E-state index contributed by atoms with van der Waals surface area (Å²) in [7, 11) is 3.06. The summed E-state index contributed by atoms with van der Waals surface area (Å²) < 4.78 is 18.8. The molecule has 0 aliphatic carbocycles. The number of aromatic nitrogens is 1. The minimum absolute atomic E-state index is 0.306. The predicted octanol–water partition coefficient (Wildman–Crippen LogP) is 2.94. The number of ether oxygens (including phenoxy) is 1. The number of esters is 1. The number of methoxy groups -OCH3 is 1. The van der Waals surface area contributed by atoms with E-state index in [1.165, 1.54) is 24.5 Å². The summed E-state index contributed by atoms with van der Waals surface area (Å²) in [5, 5.41) is 2.82. The molecule has 1 unspecified atom stereocenters. The summed E-state index contributed by atoms with van der Waals surface area (Å²) in [5.74, 6) is -0.911. The van der Waals surface area contributed by atoms with Crippen molar-refractivity contribution in [3.8, 4) is 0 Å². The number of nitrogens with zero attached hydrogens (tertiary/aromatic N) is 2. The molecule has 1 aromatic carbocycles. The number of thiazole rings is 1. The highest BCUT2D eigenvalue weighted by Gasteiger charge is 2.29. The van der Waals surface area contributed by atoms with E-state index in [1.807, 2.05) is 12.3 Å². The van der Waals surface area contributed by atoms with E-state index in [0.29, 0.717) is 12.1 Å². The predicted molar refractivity (Wildman–Crippen MR) is 79.5 cm³/mol. The van der Waals surface area contributed by atoms with Crippen LogP contribution < -0.4 is 0 Å². The van der Waals surface area contributed by atoms with Crippen LogP contribution in [0.25, 0.3) is 0 Å². The van der Waals surface area contributed by atoms with Crippen LogP contribution in [0.2, 0.25) is 0 Å². The van der Waals surface area contributed by atoms with Crippen molar-refractivity contribution in [1.29, 1.82) is 0 Å². The average Bonchev–Trinajstić information content (AvgIpc) is 2.86. The molecule has 0 aliphatic heterocycles. The molecule has 0 amide bonds. The number of rotatable bonds is 5. The van der Waals surface area contributed by atoms with Gasteiger partial charge in [0.25, 0.3) is 0 Å². The first-order valence-corrected chi connectivity index (χ1v) is 7.34. The van der Waals surface area contributed by atoms with E-state index in [9.17, 15) is 9.18 Å². The van der Waals surface area contributed by atoms with Crippen LogP contribution >= 0.6 is 11.3 Å². The molecule has 0 saturated carbocycles. The molecule has 2 rings (SSSR count). The van der Waals surface area contributed by atoms with Crippen molar-refractivity contribution in [3.63, 3.8) is 0 Å². The van der Waals surface area contributed by atoms with Crippen molar-refractivity contribution in [3.05, 3.63) is 51.7 Å². The van der Waals surface area contributed by atoms with E-state index in [1.54, 1.807) is 30.1 Å². The van der Waals surface area contributed by atoms with Gasteiger partial charge in [-0.25, -0.2) is 14.2 Å². The van der Waals surface area contributed by atoms with Crippen molar-refractivity contribution < 1.29 is 13.9 Å². The molecule has 6 heteroatoms. The Hall–Kier alpha value is -1.79. The Balaban J connectivity index is 2.28. The molecule has 2 aromatic rings. The van der Waals surface area contributed by atoms with Gasteiger partial charge in [-0.1, -0.05) is 18.2 Å². The maximum atomic E-state index is 14.0. The lowest BCUT2D eigenvalue weighted by molar-refractivity contribution is -0.147. The average molecular weight is 308 g/mol. The number of aryl methyl sites for hydroxylation is 1. The summed E-state index contributed by atoms with van der Waals surface area (Å²) >= 11 is 1.52. The highest BCUT2D eigenvalue weighted by molar-refractivity contribution is 7.09. The Morgan fingerprint density at radius 2 is 2.19 bits per heavy atom. The number of halogens is 1. The van der Waals surface area contributed by atoms with E-state index in [2.05, 4.69) is 4.98 Å². The van der Waals surface area contributed by atoms with Crippen LogP contribution in [0.5, 0.6) is 0 Å². The number of likely N-dealkylation sites (N-methyl/N-ethyl adjacent to an activating group) is 1. The molecule has 0 radical (unpaired) electrons. The van der Waals surface area contributed by atoms with E-state index in [0.717, 1.165) is 10.7 Å². The van der Waals surface area contributed by atoms with Gasteiger partial charge in [-0.15, -0.1) is 11.3 Å². The molecule has 0 aliphatic rings. The Morgan fingerprint density at radius 3 is 2.76 bits per heavy atom. The molecule has 21 heavy (non-hydrogen) atoms. The third-order valence-corrected chi connectivity index (χ3v) is 4.07.